The van der Waals surface area contributed by atoms with Crippen molar-refractivity contribution in [2.75, 3.05) is 5.73 Å². The number of nitrogens with zero attached hydrogens (tertiary/aromatic N) is 1. The van der Waals surface area contributed by atoms with Gasteiger partial charge in [0, 0.05) is 5.69 Å². The van der Waals surface area contributed by atoms with Crippen LogP contribution in [0.1, 0.15) is 31.9 Å². The maximum atomic E-state index is 5.85. The second kappa shape index (κ2) is 5.61. The van der Waals surface area contributed by atoms with E-state index in [-0.39, 0.29) is 0 Å². The number of nitrogen functional groups attached to an aromatic ring is 1. The van der Waals surface area contributed by atoms with Crippen LogP contribution in [0.4, 0.5) is 5.69 Å². The van der Waals surface area contributed by atoms with Crippen LogP contribution in [0.5, 0.6) is 0 Å². The number of rotatable bonds is 3. The van der Waals surface area contributed by atoms with E-state index in [0.29, 0.717) is 4.99 Å². The second-order valence-corrected chi connectivity index (χ2v) is 4.24. The molecule has 1 aromatic rings. The van der Waals surface area contributed by atoms with Gasteiger partial charge in [-0.15, -0.1) is 0 Å². The molecule has 16 heavy (non-hydrogen) atoms. The van der Waals surface area contributed by atoms with Crippen molar-refractivity contribution >= 4 is 28.6 Å². The van der Waals surface area contributed by atoms with Crippen molar-refractivity contribution < 1.29 is 0 Å². The van der Waals surface area contributed by atoms with Gasteiger partial charge in [0.1, 0.15) is 0 Å². The molecule has 0 atom stereocenters. The number of aryl methyl sites for hydroxylation is 1. The third-order valence-corrected chi connectivity index (χ3v) is 2.41. The number of benzene rings is 1. The third kappa shape index (κ3) is 3.31. The van der Waals surface area contributed by atoms with E-state index in [4.69, 9.17) is 18.0 Å². The molecular weight excluding hydrogens is 218 g/mol. The number of hydrogen-bond donors (Lipinski definition) is 2. The molecule has 3 N–H and O–H groups in total. The summed E-state index contributed by atoms with van der Waals surface area (Å²) in [6, 6.07) is 5.94. The summed E-state index contributed by atoms with van der Waals surface area (Å²) in [5.41, 5.74) is 12.6. The first-order valence-corrected chi connectivity index (χ1v) is 5.65. The van der Waals surface area contributed by atoms with Crippen molar-refractivity contribution in [1.82, 2.24) is 5.43 Å². The van der Waals surface area contributed by atoms with Crippen LogP contribution in [-0.4, -0.2) is 10.7 Å². The predicted molar refractivity (Wildman–Crippen MR) is 73.9 cm³/mol. The van der Waals surface area contributed by atoms with Gasteiger partial charge in [0.25, 0.3) is 0 Å². The zero-order valence-electron chi connectivity index (χ0n) is 9.87. The van der Waals surface area contributed by atoms with Gasteiger partial charge in [0.2, 0.25) is 0 Å². The molecule has 0 aromatic heterocycles. The Morgan fingerprint density at radius 2 is 2.12 bits per heavy atom. The summed E-state index contributed by atoms with van der Waals surface area (Å²) in [4.78, 5) is 0.658. The fourth-order valence-electron chi connectivity index (χ4n) is 1.36. The van der Waals surface area contributed by atoms with Crippen LogP contribution in [0.25, 0.3) is 0 Å². The molecule has 86 valence electrons. The van der Waals surface area contributed by atoms with Gasteiger partial charge in [-0.25, -0.2) is 0 Å². The molecule has 3 nitrogen and oxygen atoms in total. The largest absolute Gasteiger partial charge is 0.399 e. The van der Waals surface area contributed by atoms with Crippen LogP contribution in [0.15, 0.2) is 23.3 Å². The molecule has 1 aromatic carbocycles. The van der Waals surface area contributed by atoms with E-state index >= 15 is 0 Å². The first-order valence-electron chi connectivity index (χ1n) is 5.24. The van der Waals surface area contributed by atoms with E-state index < -0.39 is 0 Å². The van der Waals surface area contributed by atoms with Crippen molar-refractivity contribution in [2.24, 2.45) is 5.10 Å². The van der Waals surface area contributed by atoms with Gasteiger partial charge < -0.3 is 5.73 Å². The van der Waals surface area contributed by atoms with Crippen molar-refractivity contribution in [2.45, 2.75) is 27.2 Å². The van der Waals surface area contributed by atoms with Gasteiger partial charge in [-0.1, -0.05) is 25.2 Å². The Kier molecular flexibility index (Phi) is 4.43. The molecule has 0 saturated carbocycles. The molecule has 0 aliphatic heterocycles. The number of hydrogen-bond acceptors (Lipinski definition) is 3. The summed E-state index contributed by atoms with van der Waals surface area (Å²) in [6.45, 7) is 5.82. The Morgan fingerprint density at radius 1 is 1.44 bits per heavy atom. The Labute approximate surface area is 102 Å². The summed E-state index contributed by atoms with van der Waals surface area (Å²) < 4.78 is 0. The Bertz CT molecular complexity index is 424. The molecule has 0 bridgehead atoms. The van der Waals surface area contributed by atoms with Gasteiger partial charge >= 0.3 is 0 Å². The normalized spacial score (nSPS) is 11.3. The summed E-state index contributed by atoms with van der Waals surface area (Å²) >= 11 is 4.90. The summed E-state index contributed by atoms with van der Waals surface area (Å²) in [5.74, 6) is 0. The van der Waals surface area contributed by atoms with Crippen molar-refractivity contribution in [3.8, 4) is 0 Å². The Morgan fingerprint density at radius 3 is 2.69 bits per heavy atom. The highest BCUT2D eigenvalue weighted by Gasteiger charge is 2.02. The van der Waals surface area contributed by atoms with Crippen molar-refractivity contribution in [3.63, 3.8) is 0 Å². The zero-order chi connectivity index (χ0) is 12.1. The highest BCUT2D eigenvalue weighted by Crippen LogP contribution is 2.15. The maximum absolute atomic E-state index is 5.85. The molecule has 0 spiro atoms. The first-order chi connectivity index (χ1) is 7.54. The van der Waals surface area contributed by atoms with E-state index in [0.717, 1.165) is 28.9 Å². The van der Waals surface area contributed by atoms with Crippen molar-refractivity contribution in [3.05, 3.63) is 29.3 Å². The summed E-state index contributed by atoms with van der Waals surface area (Å²) in [6.07, 6.45) is 0.923. The summed E-state index contributed by atoms with van der Waals surface area (Å²) in [7, 11) is 0. The molecule has 4 heteroatoms. The lowest BCUT2D eigenvalue weighted by Gasteiger charge is -2.07. The molecule has 0 aliphatic carbocycles. The van der Waals surface area contributed by atoms with E-state index in [1.165, 1.54) is 0 Å². The van der Waals surface area contributed by atoms with Crippen LogP contribution in [0.2, 0.25) is 0 Å². The van der Waals surface area contributed by atoms with Crippen LogP contribution in [0, 0.1) is 0 Å². The highest BCUT2D eigenvalue weighted by atomic mass is 32.1. The monoisotopic (exact) mass is 235 g/mol. The lowest BCUT2D eigenvalue weighted by atomic mass is 10.0. The quantitative estimate of drug-likeness (QED) is 0.366. The average molecular weight is 235 g/mol. The van der Waals surface area contributed by atoms with E-state index in [9.17, 15) is 0 Å². The van der Waals surface area contributed by atoms with Crippen LogP contribution < -0.4 is 11.2 Å². The minimum absolute atomic E-state index is 0.658. The lowest BCUT2D eigenvalue weighted by Crippen LogP contribution is -2.13. The smallest absolute Gasteiger partial charge is 0.0930 e. The fraction of sp³-hybridized carbons (Fsp3) is 0.333. The van der Waals surface area contributed by atoms with E-state index in [2.05, 4.69) is 23.5 Å². The van der Waals surface area contributed by atoms with Gasteiger partial charge in [-0.3, -0.25) is 5.43 Å². The van der Waals surface area contributed by atoms with Gasteiger partial charge in [0.05, 0.1) is 10.7 Å². The molecule has 0 fully saturated rings. The molecule has 0 aliphatic rings. The highest BCUT2D eigenvalue weighted by molar-refractivity contribution is 7.80. The Hall–Kier alpha value is -1.42. The van der Waals surface area contributed by atoms with Gasteiger partial charge in [-0.05, 0) is 43.5 Å². The minimum Gasteiger partial charge on any atom is -0.399 e. The molecule has 0 heterocycles. The SMILES string of the molecule is CCc1cc(/C(C)=N/NC(C)=S)ccc1N. The predicted octanol–water partition coefficient (Wildman–Crippen LogP) is 2.49. The van der Waals surface area contributed by atoms with Gasteiger partial charge in [-0.2, -0.15) is 5.10 Å². The number of hydrazone groups is 1. The van der Waals surface area contributed by atoms with Gasteiger partial charge in [0.15, 0.2) is 0 Å². The molecule has 0 unspecified atom stereocenters. The topological polar surface area (TPSA) is 50.4 Å². The Balaban J connectivity index is 2.95. The molecule has 0 amide bonds. The van der Waals surface area contributed by atoms with Crippen molar-refractivity contribution in [1.29, 1.82) is 0 Å². The molecule has 1 rings (SSSR count). The van der Waals surface area contributed by atoms with E-state index in [1.807, 2.05) is 19.1 Å². The number of thiocarbonyl (C=S) groups is 1. The number of nitrogens with two attached hydrogens (primary N) is 1. The average Bonchev–Trinajstić information content (AvgIpc) is 2.26. The molecular formula is C12H17N3S. The fourth-order valence-corrected chi connectivity index (χ4v) is 1.41. The zero-order valence-corrected chi connectivity index (χ0v) is 10.7. The minimum atomic E-state index is 0.658. The third-order valence-electron chi connectivity index (χ3n) is 2.32. The number of nitrogens with one attached hydrogen (secondary N) is 1. The lowest BCUT2D eigenvalue weighted by molar-refractivity contribution is 1.03. The summed E-state index contributed by atoms with van der Waals surface area (Å²) in [5, 5.41) is 4.18. The number of anilines is 1. The first kappa shape index (κ1) is 12.6. The molecule has 0 saturated heterocycles. The second-order valence-electron chi connectivity index (χ2n) is 3.63. The van der Waals surface area contributed by atoms with Crippen LogP contribution in [-0.2, 0) is 6.42 Å². The molecule has 0 radical (unpaired) electrons. The van der Waals surface area contributed by atoms with E-state index in [1.54, 1.807) is 6.92 Å². The maximum Gasteiger partial charge on any atom is 0.0930 e. The standard InChI is InChI=1S/C12H17N3S/c1-4-10-7-11(5-6-12(10)13)8(2)14-15-9(3)16/h5-7H,4,13H2,1-3H3,(H,15,16)/b14-8+. The van der Waals surface area contributed by atoms with Crippen LogP contribution >= 0.6 is 12.2 Å². The van der Waals surface area contributed by atoms with Crippen LogP contribution in [0.3, 0.4) is 0 Å².